The highest BCUT2D eigenvalue weighted by Crippen LogP contribution is 2.27. The maximum absolute atomic E-state index is 12.8. The Hall–Kier alpha value is -3.88. The van der Waals surface area contributed by atoms with Gasteiger partial charge in [-0.1, -0.05) is 26.0 Å². The molecular formula is C25H31N7O2. The van der Waals surface area contributed by atoms with Gasteiger partial charge in [0, 0.05) is 44.3 Å². The number of anilines is 3. The summed E-state index contributed by atoms with van der Waals surface area (Å²) in [5.41, 5.74) is 8.41. The fourth-order valence-corrected chi connectivity index (χ4v) is 3.86. The first kappa shape index (κ1) is 23.3. The van der Waals surface area contributed by atoms with Crippen LogP contribution in [0.5, 0.6) is 5.75 Å². The number of carbonyl (C=O) groups excluding carboxylic acids is 1. The number of nitrogens with two attached hydrogens (primary N) is 1. The molecule has 3 aromatic rings. The summed E-state index contributed by atoms with van der Waals surface area (Å²) in [5.74, 6) is 2.10. The molecular weight excluding hydrogens is 430 g/mol. The monoisotopic (exact) mass is 461 g/mol. The molecule has 9 nitrogen and oxygen atoms in total. The number of ether oxygens (including phenoxy) is 1. The lowest BCUT2D eigenvalue weighted by molar-refractivity contribution is 0.208. The highest BCUT2D eigenvalue weighted by atomic mass is 16.5. The number of piperazine rings is 1. The number of rotatable bonds is 7. The third-order valence-electron chi connectivity index (χ3n) is 6.04. The maximum atomic E-state index is 12.8. The number of nitrogens with one attached hydrogen (secondary N) is 1. The number of nitrogens with zero attached hydrogens (tertiary/aromatic N) is 5. The van der Waals surface area contributed by atoms with E-state index in [0.717, 1.165) is 17.9 Å². The molecule has 3 N–H and O–H groups in total. The fourth-order valence-electron chi connectivity index (χ4n) is 3.86. The molecule has 1 aliphatic heterocycles. The summed E-state index contributed by atoms with van der Waals surface area (Å²) >= 11 is 0. The Morgan fingerprint density at radius 1 is 1.12 bits per heavy atom. The second-order valence-electron chi connectivity index (χ2n) is 8.36. The Bertz CT molecular complexity index is 1120. The Kier molecular flexibility index (Phi) is 7.41. The maximum Gasteiger partial charge on any atom is 0.321 e. The third-order valence-corrected chi connectivity index (χ3v) is 6.04. The van der Waals surface area contributed by atoms with Gasteiger partial charge < -0.3 is 25.6 Å². The molecule has 1 atom stereocenters. The van der Waals surface area contributed by atoms with Crippen molar-refractivity contribution in [3.8, 4) is 5.75 Å². The minimum absolute atomic E-state index is 0.0835. The van der Waals surface area contributed by atoms with Crippen LogP contribution in [0, 0.1) is 0 Å². The van der Waals surface area contributed by atoms with E-state index in [4.69, 9.17) is 10.5 Å². The second kappa shape index (κ2) is 10.8. The second-order valence-corrected chi connectivity index (χ2v) is 8.36. The van der Waals surface area contributed by atoms with E-state index in [2.05, 4.69) is 51.1 Å². The molecule has 0 bridgehead atoms. The first-order valence-electron chi connectivity index (χ1n) is 11.6. The van der Waals surface area contributed by atoms with Crippen LogP contribution in [0.15, 0.2) is 54.9 Å². The number of amides is 2. The summed E-state index contributed by atoms with van der Waals surface area (Å²) in [4.78, 5) is 29.4. The van der Waals surface area contributed by atoms with Crippen LogP contribution in [0.4, 0.5) is 22.2 Å². The van der Waals surface area contributed by atoms with E-state index in [9.17, 15) is 4.79 Å². The van der Waals surface area contributed by atoms with Gasteiger partial charge in [0.15, 0.2) is 11.6 Å². The van der Waals surface area contributed by atoms with Crippen LogP contribution < -0.4 is 20.7 Å². The van der Waals surface area contributed by atoms with Crippen molar-refractivity contribution < 1.29 is 9.53 Å². The van der Waals surface area contributed by atoms with Gasteiger partial charge >= 0.3 is 6.03 Å². The zero-order valence-electron chi connectivity index (χ0n) is 19.6. The Morgan fingerprint density at radius 3 is 2.71 bits per heavy atom. The van der Waals surface area contributed by atoms with E-state index in [1.54, 1.807) is 18.5 Å². The summed E-state index contributed by atoms with van der Waals surface area (Å²) in [6.45, 7) is 7.13. The predicted octanol–water partition coefficient (Wildman–Crippen LogP) is 3.90. The van der Waals surface area contributed by atoms with E-state index in [1.165, 1.54) is 5.56 Å². The topological polar surface area (TPSA) is 110 Å². The minimum atomic E-state index is -0.0835. The molecule has 2 amide bonds. The molecule has 9 heteroatoms. The quantitative estimate of drug-likeness (QED) is 0.549. The molecule has 178 valence electrons. The average Bonchev–Trinajstić information content (AvgIpc) is 2.87. The van der Waals surface area contributed by atoms with Gasteiger partial charge in [0.05, 0.1) is 5.69 Å². The van der Waals surface area contributed by atoms with Crippen LogP contribution in [0.3, 0.4) is 0 Å². The Labute approximate surface area is 200 Å². The average molecular weight is 462 g/mol. The first-order valence-corrected chi connectivity index (χ1v) is 11.6. The number of hydrogen-bond acceptors (Lipinski definition) is 7. The zero-order valence-corrected chi connectivity index (χ0v) is 19.6. The van der Waals surface area contributed by atoms with Gasteiger partial charge in [0.25, 0.3) is 0 Å². The largest absolute Gasteiger partial charge is 0.483 e. The summed E-state index contributed by atoms with van der Waals surface area (Å²) in [7, 11) is 0. The molecule has 0 radical (unpaired) electrons. The molecule has 3 heterocycles. The van der Waals surface area contributed by atoms with E-state index in [0.29, 0.717) is 43.5 Å². The summed E-state index contributed by atoms with van der Waals surface area (Å²) in [5, 5.41) is 3.05. The molecule has 0 spiro atoms. The molecule has 0 saturated carbocycles. The van der Waals surface area contributed by atoms with Crippen molar-refractivity contribution in [2.45, 2.75) is 32.8 Å². The van der Waals surface area contributed by atoms with E-state index < -0.39 is 0 Å². The van der Waals surface area contributed by atoms with Gasteiger partial charge in [-0.15, -0.1) is 0 Å². The van der Waals surface area contributed by atoms with Crippen LogP contribution in [0.1, 0.15) is 37.4 Å². The van der Waals surface area contributed by atoms with Crippen LogP contribution in [0.2, 0.25) is 0 Å². The van der Waals surface area contributed by atoms with Crippen molar-refractivity contribution in [1.82, 2.24) is 19.9 Å². The molecule has 34 heavy (non-hydrogen) atoms. The molecule has 1 aromatic carbocycles. The smallest absolute Gasteiger partial charge is 0.321 e. The predicted molar refractivity (Wildman–Crippen MR) is 133 cm³/mol. The van der Waals surface area contributed by atoms with Crippen molar-refractivity contribution in [1.29, 1.82) is 0 Å². The lowest BCUT2D eigenvalue weighted by Crippen LogP contribution is -2.50. The molecule has 2 aromatic heterocycles. The van der Waals surface area contributed by atoms with Crippen LogP contribution in [0.25, 0.3) is 0 Å². The standard InChI is InChI=1S/C25H31N7O2/c1-3-18(2)19-6-4-7-20(16-19)30-25(33)32-14-12-31(13-15-32)23-22(8-5-10-27-23)34-17-21-9-11-28-24(26)29-21/h4-11,16,18H,3,12-15,17H2,1-2H3,(H,30,33)(H2,26,28,29). The molecule has 1 aliphatic rings. The Balaban J connectivity index is 1.34. The van der Waals surface area contributed by atoms with Gasteiger partial charge in [-0.25, -0.2) is 19.7 Å². The molecule has 1 fully saturated rings. The number of carbonyl (C=O) groups is 1. The van der Waals surface area contributed by atoms with Crippen molar-refractivity contribution in [3.05, 3.63) is 66.1 Å². The van der Waals surface area contributed by atoms with E-state index in [-0.39, 0.29) is 18.6 Å². The number of urea groups is 1. The number of hydrogen-bond donors (Lipinski definition) is 2. The van der Waals surface area contributed by atoms with Gasteiger partial charge in [0.1, 0.15) is 6.61 Å². The highest BCUT2D eigenvalue weighted by Gasteiger charge is 2.24. The third kappa shape index (κ3) is 5.72. The first-order chi connectivity index (χ1) is 16.5. The van der Waals surface area contributed by atoms with E-state index in [1.807, 2.05) is 29.2 Å². The van der Waals surface area contributed by atoms with Crippen LogP contribution in [-0.4, -0.2) is 52.1 Å². The van der Waals surface area contributed by atoms with Crippen molar-refractivity contribution in [3.63, 3.8) is 0 Å². The van der Waals surface area contributed by atoms with Crippen molar-refractivity contribution in [2.24, 2.45) is 0 Å². The summed E-state index contributed by atoms with van der Waals surface area (Å²) in [6.07, 6.45) is 4.41. The van der Waals surface area contributed by atoms with E-state index >= 15 is 0 Å². The van der Waals surface area contributed by atoms with Crippen molar-refractivity contribution in [2.75, 3.05) is 42.1 Å². The molecule has 1 unspecified atom stereocenters. The lowest BCUT2D eigenvalue weighted by atomic mass is 9.98. The number of benzene rings is 1. The lowest BCUT2D eigenvalue weighted by Gasteiger charge is -2.35. The fraction of sp³-hybridized carbons (Fsp3) is 0.360. The molecule has 1 saturated heterocycles. The van der Waals surface area contributed by atoms with Gasteiger partial charge in [-0.05, 0) is 48.2 Å². The molecule has 4 rings (SSSR count). The van der Waals surface area contributed by atoms with Crippen molar-refractivity contribution >= 4 is 23.5 Å². The number of pyridine rings is 1. The van der Waals surface area contributed by atoms with Crippen LogP contribution in [-0.2, 0) is 6.61 Å². The minimum Gasteiger partial charge on any atom is -0.483 e. The molecule has 0 aliphatic carbocycles. The van der Waals surface area contributed by atoms with Gasteiger partial charge in [-0.2, -0.15) is 0 Å². The van der Waals surface area contributed by atoms with Gasteiger partial charge in [-0.3, -0.25) is 0 Å². The normalized spacial score (nSPS) is 14.5. The van der Waals surface area contributed by atoms with Crippen LogP contribution >= 0.6 is 0 Å². The number of nitrogen functional groups attached to an aromatic ring is 1. The number of aromatic nitrogens is 3. The Morgan fingerprint density at radius 2 is 1.94 bits per heavy atom. The SMILES string of the molecule is CCC(C)c1cccc(NC(=O)N2CCN(c3ncccc3OCc3ccnc(N)n3)CC2)c1. The summed E-state index contributed by atoms with van der Waals surface area (Å²) in [6, 6.07) is 13.5. The zero-order chi connectivity index (χ0) is 23.9. The van der Waals surface area contributed by atoms with Gasteiger partial charge in [0.2, 0.25) is 5.95 Å². The highest BCUT2D eigenvalue weighted by molar-refractivity contribution is 5.89. The summed E-state index contributed by atoms with van der Waals surface area (Å²) < 4.78 is 5.98.